The Morgan fingerprint density at radius 1 is 0.483 bits per heavy atom. The van der Waals surface area contributed by atoms with Gasteiger partial charge in [0.15, 0.2) is 0 Å². The van der Waals surface area contributed by atoms with E-state index < -0.39 is 63.1 Å². The van der Waals surface area contributed by atoms with E-state index in [1.807, 2.05) is 0 Å². The summed E-state index contributed by atoms with van der Waals surface area (Å²) >= 11 is 0. The van der Waals surface area contributed by atoms with Crippen LogP contribution in [0.4, 0.5) is 0 Å². The second-order valence-electron chi connectivity index (χ2n) is 17.0. The second kappa shape index (κ2) is 36.9. The van der Waals surface area contributed by atoms with E-state index in [0.717, 1.165) is 38.5 Å². The Morgan fingerprint density at radius 2 is 0.810 bits per heavy atom. The van der Waals surface area contributed by atoms with Gasteiger partial charge in [-0.2, -0.15) is 0 Å². The molecule has 12 nitrogen and oxygen atoms in total. The van der Waals surface area contributed by atoms with Crippen molar-refractivity contribution in [3.05, 3.63) is 0 Å². The van der Waals surface area contributed by atoms with E-state index in [0.29, 0.717) is 13.0 Å². The number of rotatable bonds is 41. The van der Waals surface area contributed by atoms with Crippen molar-refractivity contribution in [2.75, 3.05) is 19.8 Å². The Labute approximate surface area is 353 Å². The van der Waals surface area contributed by atoms with E-state index in [4.69, 9.17) is 18.5 Å². The van der Waals surface area contributed by atoms with Gasteiger partial charge in [-0.15, -0.1) is 0 Å². The van der Waals surface area contributed by atoms with Crippen molar-refractivity contribution in [2.45, 2.75) is 262 Å². The number of hydrogen-bond donors (Lipinski definition) is 6. The van der Waals surface area contributed by atoms with Crippen LogP contribution in [0.1, 0.15) is 219 Å². The van der Waals surface area contributed by atoms with Crippen LogP contribution in [-0.2, 0) is 27.9 Å². The van der Waals surface area contributed by atoms with Gasteiger partial charge in [0, 0.05) is 13.0 Å². The smallest absolute Gasteiger partial charge is 0.457 e. The van der Waals surface area contributed by atoms with Gasteiger partial charge in [0.1, 0.15) is 42.7 Å². The van der Waals surface area contributed by atoms with Gasteiger partial charge >= 0.3 is 13.8 Å². The molecular weight excluding hydrogens is 763 g/mol. The van der Waals surface area contributed by atoms with Gasteiger partial charge in [0.2, 0.25) is 0 Å². The fraction of sp³-hybridized carbons (Fsp3) is 0.978. The van der Waals surface area contributed by atoms with Crippen molar-refractivity contribution in [3.8, 4) is 0 Å². The average molecular weight is 853 g/mol. The molecule has 0 heterocycles. The molecule has 1 rings (SSSR count). The molecular formula is C45H89O12P. The lowest BCUT2D eigenvalue weighted by Gasteiger charge is -2.41. The molecule has 6 N–H and O–H groups in total. The summed E-state index contributed by atoms with van der Waals surface area (Å²) in [6, 6.07) is 0. The molecule has 0 radical (unpaired) electrons. The fourth-order valence-corrected chi connectivity index (χ4v) is 8.62. The Morgan fingerprint density at radius 3 is 1.19 bits per heavy atom. The molecule has 0 bridgehead atoms. The van der Waals surface area contributed by atoms with Gasteiger partial charge < -0.3 is 39.9 Å². The highest BCUT2D eigenvalue weighted by Crippen LogP contribution is 2.47. The third-order valence-electron chi connectivity index (χ3n) is 11.5. The van der Waals surface area contributed by atoms with Gasteiger partial charge in [-0.25, -0.2) is 4.57 Å². The topological polar surface area (TPSA) is 192 Å². The van der Waals surface area contributed by atoms with Gasteiger partial charge in [0.05, 0.1) is 13.2 Å². The molecule has 1 fully saturated rings. The molecule has 13 heteroatoms. The van der Waals surface area contributed by atoms with Gasteiger partial charge in [-0.3, -0.25) is 13.8 Å². The molecule has 0 saturated heterocycles. The Hall–Kier alpha value is -0.660. The fourth-order valence-electron chi connectivity index (χ4n) is 7.65. The second-order valence-corrected chi connectivity index (χ2v) is 18.4. The maximum atomic E-state index is 12.8. The Balaban J connectivity index is 2.27. The van der Waals surface area contributed by atoms with Crippen molar-refractivity contribution in [1.82, 2.24) is 0 Å². The highest BCUT2D eigenvalue weighted by molar-refractivity contribution is 7.47. The van der Waals surface area contributed by atoms with Crippen LogP contribution in [0.15, 0.2) is 0 Å². The zero-order chi connectivity index (χ0) is 42.7. The van der Waals surface area contributed by atoms with E-state index in [1.165, 1.54) is 154 Å². The summed E-state index contributed by atoms with van der Waals surface area (Å²) in [4.78, 5) is 23.1. The summed E-state index contributed by atoms with van der Waals surface area (Å²) in [5, 5.41) is 50.1. The molecule has 0 aliphatic heterocycles. The standard InChI is InChI=1S/C45H89O12P/c1-3-5-7-9-11-13-14-15-16-17-18-19-20-21-22-23-24-25-26-28-30-32-34-39(46)56-38(36-54-35-33-31-29-27-12-10-8-6-4-2)37-55-58(52,53)57-45-43(50)41(48)40(47)42(49)44(45)51/h38,40-45,47-51H,3-37H2,1-2H3,(H,52,53). The number of phosphoric ester groups is 1. The number of unbranched alkanes of at least 4 members (excludes halogenated alkanes) is 29. The van der Waals surface area contributed by atoms with Crippen molar-refractivity contribution >= 4 is 13.8 Å². The number of carbonyl (C=O) groups excluding carboxylic acids is 1. The number of ether oxygens (including phenoxy) is 2. The minimum atomic E-state index is -5.00. The average Bonchev–Trinajstić information content (AvgIpc) is 3.21. The molecule has 58 heavy (non-hydrogen) atoms. The number of hydrogen-bond acceptors (Lipinski definition) is 11. The molecule has 1 aliphatic carbocycles. The highest BCUT2D eigenvalue weighted by atomic mass is 31.2. The monoisotopic (exact) mass is 853 g/mol. The van der Waals surface area contributed by atoms with Crippen LogP contribution in [0.5, 0.6) is 0 Å². The molecule has 0 aromatic rings. The molecule has 0 spiro atoms. The van der Waals surface area contributed by atoms with Gasteiger partial charge in [-0.1, -0.05) is 200 Å². The number of aliphatic hydroxyl groups is 5. The molecule has 1 saturated carbocycles. The number of phosphoric acid groups is 1. The molecule has 6 atom stereocenters. The molecule has 0 aromatic carbocycles. The van der Waals surface area contributed by atoms with Crippen LogP contribution in [0.2, 0.25) is 0 Å². The van der Waals surface area contributed by atoms with Crippen LogP contribution >= 0.6 is 7.82 Å². The first-order valence-corrected chi connectivity index (χ1v) is 25.4. The van der Waals surface area contributed by atoms with Crippen LogP contribution in [0, 0.1) is 0 Å². The van der Waals surface area contributed by atoms with Crippen LogP contribution < -0.4 is 0 Å². The number of aliphatic hydroxyl groups excluding tert-OH is 5. The molecule has 0 amide bonds. The third kappa shape index (κ3) is 28.8. The minimum absolute atomic E-state index is 0.0690. The van der Waals surface area contributed by atoms with E-state index in [2.05, 4.69) is 13.8 Å². The highest BCUT2D eigenvalue weighted by Gasteiger charge is 2.51. The lowest BCUT2D eigenvalue weighted by atomic mass is 9.85. The lowest BCUT2D eigenvalue weighted by Crippen LogP contribution is -2.64. The Bertz CT molecular complexity index is 973. The summed E-state index contributed by atoms with van der Waals surface area (Å²) in [5.41, 5.74) is 0. The first kappa shape index (κ1) is 55.4. The summed E-state index contributed by atoms with van der Waals surface area (Å²) < 4.78 is 34.1. The van der Waals surface area contributed by atoms with Crippen molar-refractivity contribution in [1.29, 1.82) is 0 Å². The van der Waals surface area contributed by atoms with Crippen LogP contribution in [0.3, 0.4) is 0 Å². The molecule has 6 unspecified atom stereocenters. The van der Waals surface area contributed by atoms with Crippen molar-refractivity contribution in [3.63, 3.8) is 0 Å². The van der Waals surface area contributed by atoms with Gasteiger partial charge in [0.25, 0.3) is 0 Å². The summed E-state index contributed by atoms with van der Waals surface area (Å²) in [6.07, 6.45) is 26.2. The van der Waals surface area contributed by atoms with Crippen LogP contribution in [-0.4, -0.2) is 98.9 Å². The minimum Gasteiger partial charge on any atom is -0.457 e. The largest absolute Gasteiger partial charge is 0.472 e. The van der Waals surface area contributed by atoms with E-state index in [1.54, 1.807) is 0 Å². The van der Waals surface area contributed by atoms with E-state index in [9.17, 15) is 39.8 Å². The first-order valence-electron chi connectivity index (χ1n) is 23.9. The van der Waals surface area contributed by atoms with Crippen LogP contribution in [0.25, 0.3) is 0 Å². The van der Waals surface area contributed by atoms with Gasteiger partial charge in [-0.05, 0) is 12.8 Å². The summed E-state index contributed by atoms with van der Waals surface area (Å²) in [5.74, 6) is -0.472. The predicted molar refractivity (Wildman–Crippen MR) is 230 cm³/mol. The zero-order valence-electron chi connectivity index (χ0n) is 36.9. The summed E-state index contributed by atoms with van der Waals surface area (Å²) in [6.45, 7) is 4.27. The molecule has 0 aromatic heterocycles. The van der Waals surface area contributed by atoms with Crippen molar-refractivity contribution < 1.29 is 58.3 Å². The quantitative estimate of drug-likeness (QED) is 0.0194. The van der Waals surface area contributed by atoms with E-state index in [-0.39, 0.29) is 13.0 Å². The predicted octanol–water partition coefficient (Wildman–Crippen LogP) is 9.76. The maximum Gasteiger partial charge on any atom is 0.472 e. The normalized spacial score (nSPS) is 22.6. The summed E-state index contributed by atoms with van der Waals surface area (Å²) in [7, 11) is -5.00. The maximum absolute atomic E-state index is 12.8. The number of esters is 1. The molecule has 1 aliphatic rings. The first-order chi connectivity index (χ1) is 28.0. The van der Waals surface area contributed by atoms with E-state index >= 15 is 0 Å². The third-order valence-corrected chi connectivity index (χ3v) is 12.5. The number of carbonyl (C=O) groups is 1. The SMILES string of the molecule is CCCCCCCCCCCCCCCCCCCCCCCCC(=O)OC(COCCCCCCCCCCC)COP(=O)(O)OC1C(O)C(O)C(O)C(O)C1O. The lowest BCUT2D eigenvalue weighted by molar-refractivity contribution is -0.220. The van der Waals surface area contributed by atoms with Crippen molar-refractivity contribution in [2.24, 2.45) is 0 Å². The molecule has 346 valence electrons. The zero-order valence-corrected chi connectivity index (χ0v) is 37.8. The Kier molecular flexibility index (Phi) is 35.3.